The van der Waals surface area contributed by atoms with Crippen LogP contribution in [0.4, 0.5) is 5.69 Å². The summed E-state index contributed by atoms with van der Waals surface area (Å²) in [6, 6.07) is 0.0709. The molecule has 1 rings (SSSR count). The van der Waals surface area contributed by atoms with Crippen molar-refractivity contribution in [2.45, 2.75) is 13.0 Å². The highest BCUT2D eigenvalue weighted by Crippen LogP contribution is 2.07. The molecule has 16 heavy (non-hydrogen) atoms. The van der Waals surface area contributed by atoms with Gasteiger partial charge in [0.05, 0.1) is 24.7 Å². The maximum atomic E-state index is 10.7. The fourth-order valence-electron chi connectivity index (χ4n) is 0.882. The van der Waals surface area contributed by atoms with Crippen molar-refractivity contribution in [1.29, 1.82) is 0 Å². The van der Waals surface area contributed by atoms with E-state index in [0.717, 1.165) is 0 Å². The first-order valence-electron chi connectivity index (χ1n) is 4.63. The molecule has 0 bridgehead atoms. The van der Waals surface area contributed by atoms with E-state index < -0.39 is 6.10 Å². The number of ether oxygens (including phenoxy) is 1. The van der Waals surface area contributed by atoms with Gasteiger partial charge in [-0.05, 0) is 0 Å². The number of carbonyl (C=O) groups is 1. The number of amides is 1. The van der Waals surface area contributed by atoms with E-state index in [4.69, 9.17) is 14.9 Å². The molecule has 3 N–H and O–H groups in total. The molecule has 0 aliphatic heterocycles. The molecule has 0 saturated carbocycles. The average molecular weight is 227 g/mol. The van der Waals surface area contributed by atoms with Crippen LogP contribution in [0.15, 0.2) is 12.4 Å². The molecular formula is C9H13N3O4. The van der Waals surface area contributed by atoms with Crippen LogP contribution in [-0.2, 0) is 4.79 Å². The summed E-state index contributed by atoms with van der Waals surface area (Å²) in [6.45, 7) is 0.905. The molecule has 7 nitrogen and oxygen atoms in total. The van der Waals surface area contributed by atoms with Crippen LogP contribution < -0.4 is 10.1 Å². The summed E-state index contributed by atoms with van der Waals surface area (Å²) in [5, 5.41) is 20.0. The number of nitrogens with one attached hydrogen (secondary N) is 1. The van der Waals surface area contributed by atoms with Gasteiger partial charge in [-0.1, -0.05) is 0 Å². The molecule has 0 radical (unpaired) electrons. The van der Waals surface area contributed by atoms with Crippen molar-refractivity contribution < 1.29 is 19.7 Å². The molecule has 1 heterocycles. The number of aliphatic hydroxyl groups is 2. The van der Waals surface area contributed by atoms with Gasteiger partial charge in [0.2, 0.25) is 5.91 Å². The molecule has 0 aliphatic rings. The highest BCUT2D eigenvalue weighted by atomic mass is 16.5. The van der Waals surface area contributed by atoms with Gasteiger partial charge in [-0.3, -0.25) is 4.79 Å². The van der Waals surface area contributed by atoms with Crippen LogP contribution in [0.2, 0.25) is 0 Å². The second kappa shape index (κ2) is 5.99. The van der Waals surface area contributed by atoms with Gasteiger partial charge in [-0.15, -0.1) is 0 Å². The third kappa shape index (κ3) is 4.20. The largest absolute Gasteiger partial charge is 0.461 e. The number of aliphatic hydroxyl groups excluding tert-OH is 2. The Hall–Kier alpha value is -1.73. The molecule has 88 valence electrons. The Morgan fingerprint density at radius 3 is 2.69 bits per heavy atom. The Morgan fingerprint density at radius 1 is 1.56 bits per heavy atom. The van der Waals surface area contributed by atoms with Gasteiger partial charge in [0.15, 0.2) is 0 Å². The minimum absolute atomic E-state index is 0.0709. The molecule has 1 aromatic rings. The normalized spacial score (nSPS) is 11.9. The molecule has 1 atom stereocenters. The highest BCUT2D eigenvalue weighted by molar-refractivity contribution is 5.88. The predicted octanol–water partition coefficient (Wildman–Crippen LogP) is -0.833. The number of hydrogen-bond donors (Lipinski definition) is 3. The number of aromatic nitrogens is 2. The van der Waals surface area contributed by atoms with Gasteiger partial charge in [0.1, 0.15) is 12.7 Å². The Kier molecular flexibility index (Phi) is 4.62. The monoisotopic (exact) mass is 227 g/mol. The zero-order chi connectivity index (χ0) is 12.0. The Bertz CT molecular complexity index is 341. The van der Waals surface area contributed by atoms with Crippen molar-refractivity contribution in [3.8, 4) is 6.01 Å². The molecule has 0 spiro atoms. The topological polar surface area (TPSA) is 105 Å². The van der Waals surface area contributed by atoms with Crippen molar-refractivity contribution in [3.05, 3.63) is 12.4 Å². The van der Waals surface area contributed by atoms with E-state index in [-0.39, 0.29) is 25.1 Å². The highest BCUT2D eigenvalue weighted by Gasteiger charge is 2.05. The van der Waals surface area contributed by atoms with E-state index in [1.165, 1.54) is 19.3 Å². The van der Waals surface area contributed by atoms with E-state index in [1.807, 2.05) is 0 Å². The number of carbonyl (C=O) groups excluding carboxylic acids is 1. The molecule has 0 saturated heterocycles. The summed E-state index contributed by atoms with van der Waals surface area (Å²) >= 11 is 0. The predicted molar refractivity (Wildman–Crippen MR) is 54.9 cm³/mol. The Labute approximate surface area is 92.1 Å². The van der Waals surface area contributed by atoms with Gasteiger partial charge in [-0.2, -0.15) is 0 Å². The minimum Gasteiger partial charge on any atom is -0.461 e. The quantitative estimate of drug-likeness (QED) is 0.606. The van der Waals surface area contributed by atoms with Gasteiger partial charge in [0, 0.05) is 6.92 Å². The summed E-state index contributed by atoms with van der Waals surface area (Å²) in [5.74, 6) is -0.215. The van der Waals surface area contributed by atoms with Crippen LogP contribution in [0, 0.1) is 0 Å². The van der Waals surface area contributed by atoms with Crippen LogP contribution in [0.5, 0.6) is 6.01 Å². The second-order valence-corrected chi connectivity index (χ2v) is 3.08. The van der Waals surface area contributed by atoms with Crippen molar-refractivity contribution >= 4 is 11.6 Å². The van der Waals surface area contributed by atoms with Gasteiger partial charge in [0.25, 0.3) is 0 Å². The lowest BCUT2D eigenvalue weighted by Crippen LogP contribution is -2.22. The van der Waals surface area contributed by atoms with E-state index in [0.29, 0.717) is 5.69 Å². The zero-order valence-electron chi connectivity index (χ0n) is 8.75. The number of anilines is 1. The summed E-state index contributed by atoms with van der Waals surface area (Å²) in [5.41, 5.74) is 0.461. The first-order valence-corrected chi connectivity index (χ1v) is 4.63. The third-order valence-electron chi connectivity index (χ3n) is 1.56. The maximum absolute atomic E-state index is 10.7. The number of nitrogens with zero attached hydrogens (tertiary/aromatic N) is 2. The van der Waals surface area contributed by atoms with Gasteiger partial charge in [-0.25, -0.2) is 9.97 Å². The first kappa shape index (κ1) is 12.3. The van der Waals surface area contributed by atoms with Crippen LogP contribution >= 0.6 is 0 Å². The maximum Gasteiger partial charge on any atom is 0.316 e. The van der Waals surface area contributed by atoms with Crippen LogP contribution in [-0.4, -0.2) is 45.4 Å². The number of rotatable bonds is 5. The lowest BCUT2D eigenvalue weighted by atomic mass is 10.4. The summed E-state index contributed by atoms with van der Waals surface area (Å²) < 4.78 is 4.97. The summed E-state index contributed by atoms with van der Waals surface area (Å²) in [4.78, 5) is 18.3. The smallest absolute Gasteiger partial charge is 0.316 e. The van der Waals surface area contributed by atoms with Crippen molar-refractivity contribution in [2.75, 3.05) is 18.5 Å². The van der Waals surface area contributed by atoms with E-state index in [2.05, 4.69) is 15.3 Å². The summed E-state index contributed by atoms with van der Waals surface area (Å²) in [6.07, 6.45) is 1.81. The van der Waals surface area contributed by atoms with Crippen molar-refractivity contribution in [1.82, 2.24) is 9.97 Å². The fraction of sp³-hybridized carbons (Fsp3) is 0.444. The molecule has 1 unspecified atom stereocenters. The average Bonchev–Trinajstić information content (AvgIpc) is 2.27. The molecule has 1 aromatic heterocycles. The van der Waals surface area contributed by atoms with E-state index in [9.17, 15) is 4.79 Å². The van der Waals surface area contributed by atoms with Gasteiger partial charge >= 0.3 is 6.01 Å². The minimum atomic E-state index is -0.960. The summed E-state index contributed by atoms with van der Waals surface area (Å²) in [7, 11) is 0. The first-order chi connectivity index (χ1) is 7.61. The molecule has 1 amide bonds. The van der Waals surface area contributed by atoms with Gasteiger partial charge < -0.3 is 20.3 Å². The molecule has 7 heteroatoms. The zero-order valence-corrected chi connectivity index (χ0v) is 8.75. The van der Waals surface area contributed by atoms with E-state index in [1.54, 1.807) is 0 Å². The van der Waals surface area contributed by atoms with Crippen molar-refractivity contribution in [3.63, 3.8) is 0 Å². The molecule has 0 aromatic carbocycles. The SMILES string of the molecule is CC(=O)Nc1cnc(OCC(O)CO)nc1. The van der Waals surface area contributed by atoms with Crippen LogP contribution in [0.25, 0.3) is 0 Å². The molecule has 0 aliphatic carbocycles. The lowest BCUT2D eigenvalue weighted by Gasteiger charge is -2.08. The fourth-order valence-corrected chi connectivity index (χ4v) is 0.882. The second-order valence-electron chi connectivity index (χ2n) is 3.08. The van der Waals surface area contributed by atoms with E-state index >= 15 is 0 Å². The Balaban J connectivity index is 2.48. The van der Waals surface area contributed by atoms with Crippen LogP contribution in [0.1, 0.15) is 6.92 Å². The third-order valence-corrected chi connectivity index (χ3v) is 1.56. The number of hydrogen-bond acceptors (Lipinski definition) is 6. The standard InChI is InChI=1S/C9H13N3O4/c1-6(14)12-7-2-10-9(11-3-7)16-5-8(15)4-13/h2-3,8,13,15H,4-5H2,1H3,(H,12,14). The Morgan fingerprint density at radius 2 is 2.19 bits per heavy atom. The lowest BCUT2D eigenvalue weighted by molar-refractivity contribution is -0.114. The van der Waals surface area contributed by atoms with Crippen LogP contribution in [0.3, 0.4) is 0 Å². The van der Waals surface area contributed by atoms with Crippen molar-refractivity contribution in [2.24, 2.45) is 0 Å². The molecule has 0 fully saturated rings. The molecular weight excluding hydrogens is 214 g/mol.